The van der Waals surface area contributed by atoms with Crippen LogP contribution >= 0.6 is 23.7 Å². The minimum absolute atomic E-state index is 0. The first-order chi connectivity index (χ1) is 4.84. The molecule has 0 radical (unpaired) electrons. The van der Waals surface area contributed by atoms with Gasteiger partial charge in [-0.2, -0.15) is 0 Å². The van der Waals surface area contributed by atoms with Crippen LogP contribution in [-0.4, -0.2) is 11.7 Å². The molecule has 1 rings (SSSR count). The van der Waals surface area contributed by atoms with E-state index in [1.165, 1.54) is 0 Å². The van der Waals surface area contributed by atoms with Gasteiger partial charge < -0.3 is 10.8 Å². The summed E-state index contributed by atoms with van der Waals surface area (Å²) in [5, 5.41) is 10.6. The van der Waals surface area contributed by atoms with Crippen molar-refractivity contribution in [3.05, 3.63) is 22.4 Å². The van der Waals surface area contributed by atoms with E-state index in [4.69, 9.17) is 10.8 Å². The summed E-state index contributed by atoms with van der Waals surface area (Å²) in [5.41, 5.74) is 5.70. The second kappa shape index (κ2) is 5.55. The van der Waals surface area contributed by atoms with Crippen molar-refractivity contribution < 1.29 is 5.11 Å². The van der Waals surface area contributed by atoms with Crippen LogP contribution in [0.4, 0.5) is 0 Å². The van der Waals surface area contributed by atoms with Gasteiger partial charge in [-0.05, 0) is 17.9 Å². The molecule has 64 valence electrons. The van der Waals surface area contributed by atoms with Gasteiger partial charge >= 0.3 is 0 Å². The van der Waals surface area contributed by atoms with Crippen molar-refractivity contribution in [2.45, 2.75) is 12.5 Å². The second-order valence-corrected chi connectivity index (χ2v) is 3.11. The Labute approximate surface area is 76.5 Å². The maximum atomic E-state index is 8.56. The van der Waals surface area contributed by atoms with Gasteiger partial charge in [0.15, 0.2) is 0 Å². The van der Waals surface area contributed by atoms with Crippen LogP contribution < -0.4 is 5.73 Å². The minimum Gasteiger partial charge on any atom is -0.396 e. The molecule has 0 aromatic carbocycles. The predicted octanol–water partition coefficient (Wildman–Crippen LogP) is 1.55. The van der Waals surface area contributed by atoms with E-state index in [1.807, 2.05) is 17.5 Å². The first-order valence-corrected chi connectivity index (χ1v) is 4.12. The molecule has 2 nitrogen and oxygen atoms in total. The Morgan fingerprint density at radius 1 is 1.64 bits per heavy atom. The molecule has 0 spiro atoms. The highest BCUT2D eigenvalue weighted by atomic mass is 35.5. The lowest BCUT2D eigenvalue weighted by Gasteiger charge is -2.05. The van der Waals surface area contributed by atoms with Gasteiger partial charge in [-0.15, -0.1) is 23.7 Å². The second-order valence-electron chi connectivity index (χ2n) is 2.13. The van der Waals surface area contributed by atoms with Crippen molar-refractivity contribution >= 4 is 23.7 Å². The summed E-state index contributed by atoms with van der Waals surface area (Å²) in [5.74, 6) is 0. The van der Waals surface area contributed by atoms with Gasteiger partial charge in [0.2, 0.25) is 0 Å². The number of hydrogen-bond donors (Lipinski definition) is 2. The number of thiophene rings is 1. The molecule has 0 bridgehead atoms. The molecule has 3 N–H and O–H groups in total. The van der Waals surface area contributed by atoms with E-state index >= 15 is 0 Å². The minimum atomic E-state index is 0. The molecule has 0 saturated carbocycles. The Kier molecular flexibility index (Phi) is 5.50. The average Bonchev–Trinajstić information content (AvgIpc) is 2.38. The fourth-order valence-corrected chi connectivity index (χ4v) is 1.55. The highest BCUT2D eigenvalue weighted by molar-refractivity contribution is 7.10. The summed E-state index contributed by atoms with van der Waals surface area (Å²) in [6, 6.07) is 3.98. The lowest BCUT2D eigenvalue weighted by Crippen LogP contribution is -2.09. The van der Waals surface area contributed by atoms with Crippen LogP contribution in [0.1, 0.15) is 17.3 Å². The first kappa shape index (κ1) is 10.9. The fraction of sp³-hybridized carbons (Fsp3) is 0.429. The van der Waals surface area contributed by atoms with E-state index < -0.39 is 0 Å². The maximum absolute atomic E-state index is 8.56. The van der Waals surface area contributed by atoms with Crippen molar-refractivity contribution in [2.75, 3.05) is 6.61 Å². The zero-order valence-electron chi connectivity index (χ0n) is 6.06. The van der Waals surface area contributed by atoms with E-state index in [0.29, 0.717) is 6.42 Å². The zero-order chi connectivity index (χ0) is 7.40. The Balaban J connectivity index is 0.000001000. The molecule has 0 aliphatic heterocycles. The Hall–Kier alpha value is -0.0900. The Bertz CT molecular complexity index is 179. The van der Waals surface area contributed by atoms with E-state index in [1.54, 1.807) is 11.3 Å². The standard InChI is InChI=1S/C7H11NOS.ClH/c8-6(3-4-9)7-2-1-5-10-7;/h1-2,5-6,9H,3-4,8H2;1H/t6-;/m0./s1. The number of aliphatic hydroxyl groups excluding tert-OH is 1. The van der Waals surface area contributed by atoms with Crippen LogP contribution in [0.15, 0.2) is 17.5 Å². The van der Waals surface area contributed by atoms with Crippen molar-refractivity contribution in [1.29, 1.82) is 0 Å². The van der Waals surface area contributed by atoms with Crippen LogP contribution in [0.2, 0.25) is 0 Å². The molecular weight excluding hydrogens is 182 g/mol. The molecule has 1 heterocycles. The molecular formula is C7H12ClNOS. The van der Waals surface area contributed by atoms with Crippen LogP contribution in [0.5, 0.6) is 0 Å². The smallest absolute Gasteiger partial charge is 0.0449 e. The topological polar surface area (TPSA) is 46.2 Å². The average molecular weight is 194 g/mol. The molecule has 1 atom stereocenters. The molecule has 0 unspecified atom stereocenters. The summed E-state index contributed by atoms with van der Waals surface area (Å²) in [6.07, 6.45) is 0.653. The highest BCUT2D eigenvalue weighted by Gasteiger charge is 2.04. The highest BCUT2D eigenvalue weighted by Crippen LogP contribution is 2.18. The summed E-state index contributed by atoms with van der Waals surface area (Å²) < 4.78 is 0. The van der Waals surface area contributed by atoms with Crippen LogP contribution in [-0.2, 0) is 0 Å². The molecule has 0 aliphatic rings. The molecule has 11 heavy (non-hydrogen) atoms. The number of halogens is 1. The summed E-state index contributed by atoms with van der Waals surface area (Å²) in [6.45, 7) is 0.166. The van der Waals surface area contributed by atoms with Gasteiger partial charge in [-0.3, -0.25) is 0 Å². The van der Waals surface area contributed by atoms with E-state index in [2.05, 4.69) is 0 Å². The largest absolute Gasteiger partial charge is 0.396 e. The SMILES string of the molecule is Cl.N[C@@H](CCO)c1cccs1. The lowest BCUT2D eigenvalue weighted by atomic mass is 10.2. The molecule has 1 aromatic rings. The molecule has 4 heteroatoms. The van der Waals surface area contributed by atoms with Crippen LogP contribution in [0.25, 0.3) is 0 Å². The van der Waals surface area contributed by atoms with Gasteiger partial charge in [-0.1, -0.05) is 6.07 Å². The fourth-order valence-electron chi connectivity index (χ4n) is 0.784. The third-order valence-corrected chi connectivity index (χ3v) is 2.35. The Morgan fingerprint density at radius 2 is 2.36 bits per heavy atom. The zero-order valence-corrected chi connectivity index (χ0v) is 7.70. The Morgan fingerprint density at radius 3 is 2.82 bits per heavy atom. The number of aliphatic hydroxyl groups is 1. The van der Waals surface area contributed by atoms with E-state index in [9.17, 15) is 0 Å². The molecule has 0 aliphatic carbocycles. The van der Waals surface area contributed by atoms with Crippen molar-refractivity contribution in [1.82, 2.24) is 0 Å². The number of rotatable bonds is 3. The third kappa shape index (κ3) is 3.20. The molecule has 0 saturated heterocycles. The summed E-state index contributed by atoms with van der Waals surface area (Å²) in [7, 11) is 0. The van der Waals surface area contributed by atoms with Crippen molar-refractivity contribution in [3.8, 4) is 0 Å². The van der Waals surface area contributed by atoms with Crippen molar-refractivity contribution in [3.63, 3.8) is 0 Å². The van der Waals surface area contributed by atoms with Crippen molar-refractivity contribution in [2.24, 2.45) is 5.73 Å². The van der Waals surface area contributed by atoms with Gasteiger partial charge in [0.1, 0.15) is 0 Å². The van der Waals surface area contributed by atoms with Gasteiger partial charge in [0.25, 0.3) is 0 Å². The maximum Gasteiger partial charge on any atom is 0.0449 e. The van der Waals surface area contributed by atoms with E-state index in [0.717, 1.165) is 4.88 Å². The van der Waals surface area contributed by atoms with Crippen LogP contribution in [0.3, 0.4) is 0 Å². The third-order valence-electron chi connectivity index (χ3n) is 1.35. The van der Waals surface area contributed by atoms with Gasteiger partial charge in [0.05, 0.1) is 0 Å². The van der Waals surface area contributed by atoms with Crippen LogP contribution in [0, 0.1) is 0 Å². The summed E-state index contributed by atoms with van der Waals surface area (Å²) in [4.78, 5) is 1.15. The predicted molar refractivity (Wildman–Crippen MR) is 50.2 cm³/mol. The number of hydrogen-bond acceptors (Lipinski definition) is 3. The monoisotopic (exact) mass is 193 g/mol. The summed E-state index contributed by atoms with van der Waals surface area (Å²) >= 11 is 1.63. The molecule has 0 fully saturated rings. The van der Waals surface area contributed by atoms with Gasteiger partial charge in [0, 0.05) is 17.5 Å². The van der Waals surface area contributed by atoms with E-state index in [-0.39, 0.29) is 25.1 Å². The van der Waals surface area contributed by atoms with Gasteiger partial charge in [-0.25, -0.2) is 0 Å². The normalized spacial score (nSPS) is 12.2. The molecule has 0 amide bonds. The quantitative estimate of drug-likeness (QED) is 0.766. The first-order valence-electron chi connectivity index (χ1n) is 3.24. The molecule has 1 aromatic heterocycles. The lowest BCUT2D eigenvalue weighted by molar-refractivity contribution is 0.277. The number of nitrogens with two attached hydrogens (primary N) is 1.